The molecule has 104 valence electrons. The van der Waals surface area contributed by atoms with Crippen LogP contribution in [0.3, 0.4) is 0 Å². The third-order valence-electron chi connectivity index (χ3n) is 3.24. The Kier molecular flexibility index (Phi) is 4.80. The lowest BCUT2D eigenvalue weighted by Crippen LogP contribution is -2.45. The van der Waals surface area contributed by atoms with E-state index in [1.165, 1.54) is 0 Å². The van der Waals surface area contributed by atoms with Gasteiger partial charge in [-0.05, 0) is 45.0 Å². The number of amides is 1. The number of nitrogens with zero attached hydrogens (tertiary/aromatic N) is 1. The molecule has 0 saturated carbocycles. The van der Waals surface area contributed by atoms with Crippen molar-refractivity contribution in [2.75, 3.05) is 24.5 Å². The van der Waals surface area contributed by atoms with Gasteiger partial charge in [-0.1, -0.05) is 19.1 Å². The van der Waals surface area contributed by atoms with Crippen LogP contribution < -0.4 is 15.0 Å². The van der Waals surface area contributed by atoms with Gasteiger partial charge in [0, 0.05) is 6.54 Å². The average molecular weight is 262 g/mol. The van der Waals surface area contributed by atoms with E-state index < -0.39 is 6.10 Å². The maximum absolute atomic E-state index is 12.2. The number of ether oxygens (including phenoxy) is 1. The monoisotopic (exact) mass is 262 g/mol. The van der Waals surface area contributed by atoms with E-state index in [4.69, 9.17) is 4.74 Å². The molecule has 1 N–H and O–H groups in total. The first kappa shape index (κ1) is 13.9. The van der Waals surface area contributed by atoms with Gasteiger partial charge >= 0.3 is 0 Å². The smallest absolute Gasteiger partial charge is 0.267 e. The van der Waals surface area contributed by atoms with Crippen LogP contribution in [-0.4, -0.2) is 31.6 Å². The molecule has 0 fully saturated rings. The highest BCUT2D eigenvalue weighted by Crippen LogP contribution is 2.33. The Balaban J connectivity index is 2.00. The molecule has 1 unspecified atom stereocenters. The van der Waals surface area contributed by atoms with Gasteiger partial charge in [-0.2, -0.15) is 0 Å². The summed E-state index contributed by atoms with van der Waals surface area (Å²) in [6, 6.07) is 7.73. The maximum atomic E-state index is 12.2. The molecule has 0 spiro atoms. The molecule has 1 atom stereocenters. The molecule has 1 aromatic carbocycles. The van der Waals surface area contributed by atoms with Crippen LogP contribution >= 0.6 is 0 Å². The Hall–Kier alpha value is -1.55. The summed E-state index contributed by atoms with van der Waals surface area (Å²) in [6.07, 6.45) is 1.70. The molecule has 0 aliphatic carbocycles. The van der Waals surface area contributed by atoms with Crippen molar-refractivity contribution in [2.45, 2.75) is 32.8 Å². The molecule has 1 aliphatic heterocycles. The number of fused-ring (bicyclic) bond motifs is 1. The molecule has 0 saturated heterocycles. The molecular weight excluding hydrogens is 240 g/mol. The van der Waals surface area contributed by atoms with Crippen molar-refractivity contribution in [3.05, 3.63) is 24.3 Å². The van der Waals surface area contributed by atoms with Crippen molar-refractivity contribution >= 4 is 11.6 Å². The van der Waals surface area contributed by atoms with E-state index in [0.717, 1.165) is 43.9 Å². The Morgan fingerprint density at radius 2 is 2.11 bits per heavy atom. The van der Waals surface area contributed by atoms with Crippen molar-refractivity contribution in [2.24, 2.45) is 0 Å². The first-order valence-electron chi connectivity index (χ1n) is 7.01. The lowest BCUT2D eigenvalue weighted by atomic mass is 10.2. The maximum Gasteiger partial charge on any atom is 0.267 e. The van der Waals surface area contributed by atoms with Crippen molar-refractivity contribution < 1.29 is 9.53 Å². The van der Waals surface area contributed by atoms with Crippen molar-refractivity contribution in [3.63, 3.8) is 0 Å². The van der Waals surface area contributed by atoms with Crippen LogP contribution in [0.4, 0.5) is 5.69 Å². The van der Waals surface area contributed by atoms with Gasteiger partial charge in [-0.25, -0.2) is 0 Å². The highest BCUT2D eigenvalue weighted by molar-refractivity contribution is 5.99. The average Bonchev–Trinajstić information content (AvgIpc) is 2.42. The number of anilines is 1. The molecule has 4 nitrogen and oxygen atoms in total. The number of carbonyl (C=O) groups excluding carboxylic acids is 1. The van der Waals surface area contributed by atoms with Crippen molar-refractivity contribution in [1.29, 1.82) is 0 Å². The summed E-state index contributed by atoms with van der Waals surface area (Å²) in [5.41, 5.74) is 0.890. The van der Waals surface area contributed by atoms with Gasteiger partial charge in [0.05, 0.1) is 5.69 Å². The number of carbonyl (C=O) groups is 1. The van der Waals surface area contributed by atoms with Crippen LogP contribution in [0.1, 0.15) is 26.7 Å². The number of hydrogen-bond acceptors (Lipinski definition) is 3. The molecule has 1 amide bonds. The zero-order valence-corrected chi connectivity index (χ0v) is 11.7. The summed E-state index contributed by atoms with van der Waals surface area (Å²) in [4.78, 5) is 14.0. The highest BCUT2D eigenvalue weighted by atomic mass is 16.5. The standard InChI is InChI=1S/C15H22N2O2/c1-3-9-16-10-6-11-17-13-7-4-5-8-14(13)19-12(2)15(17)18/h4-5,7-8,12,16H,3,6,9-11H2,1-2H3. The lowest BCUT2D eigenvalue weighted by Gasteiger charge is -2.33. The summed E-state index contributed by atoms with van der Waals surface area (Å²) >= 11 is 0. The summed E-state index contributed by atoms with van der Waals surface area (Å²) < 4.78 is 5.61. The van der Waals surface area contributed by atoms with Gasteiger partial charge in [0.25, 0.3) is 5.91 Å². The molecule has 19 heavy (non-hydrogen) atoms. The number of nitrogens with one attached hydrogen (secondary N) is 1. The van der Waals surface area contributed by atoms with Gasteiger partial charge in [-0.15, -0.1) is 0 Å². The van der Waals surface area contributed by atoms with Crippen LogP contribution in [0.25, 0.3) is 0 Å². The van der Waals surface area contributed by atoms with Gasteiger partial charge in [-0.3, -0.25) is 4.79 Å². The second-order valence-corrected chi connectivity index (χ2v) is 4.82. The van der Waals surface area contributed by atoms with Gasteiger partial charge < -0.3 is 15.0 Å². The number of hydrogen-bond donors (Lipinski definition) is 1. The quantitative estimate of drug-likeness (QED) is 0.799. The Labute approximate surface area is 114 Å². The third-order valence-corrected chi connectivity index (χ3v) is 3.24. The zero-order valence-electron chi connectivity index (χ0n) is 11.7. The fraction of sp³-hybridized carbons (Fsp3) is 0.533. The van der Waals surface area contributed by atoms with E-state index in [0.29, 0.717) is 0 Å². The molecule has 0 bridgehead atoms. The van der Waals surface area contributed by atoms with Crippen LogP contribution in [0.5, 0.6) is 5.75 Å². The van der Waals surface area contributed by atoms with Gasteiger partial charge in [0.2, 0.25) is 0 Å². The van der Waals surface area contributed by atoms with Crippen LogP contribution in [0.2, 0.25) is 0 Å². The van der Waals surface area contributed by atoms with Crippen LogP contribution in [0, 0.1) is 0 Å². The van der Waals surface area contributed by atoms with Crippen LogP contribution in [0.15, 0.2) is 24.3 Å². The third kappa shape index (κ3) is 3.26. The summed E-state index contributed by atoms with van der Waals surface area (Å²) in [7, 11) is 0. The van der Waals surface area contributed by atoms with E-state index in [1.54, 1.807) is 6.92 Å². The minimum atomic E-state index is -0.390. The minimum Gasteiger partial charge on any atom is -0.479 e. The second kappa shape index (κ2) is 6.57. The highest BCUT2D eigenvalue weighted by Gasteiger charge is 2.30. The minimum absolute atomic E-state index is 0.0502. The molecule has 0 aromatic heterocycles. The zero-order chi connectivity index (χ0) is 13.7. The predicted octanol–water partition coefficient (Wildman–Crippen LogP) is 2.19. The Bertz CT molecular complexity index is 434. The second-order valence-electron chi connectivity index (χ2n) is 4.82. The number of rotatable bonds is 6. The van der Waals surface area contributed by atoms with Crippen LogP contribution in [-0.2, 0) is 4.79 Å². The number of benzene rings is 1. The predicted molar refractivity (Wildman–Crippen MR) is 76.7 cm³/mol. The Morgan fingerprint density at radius 1 is 1.32 bits per heavy atom. The molecule has 2 rings (SSSR count). The van der Waals surface area contributed by atoms with E-state index >= 15 is 0 Å². The molecule has 4 heteroatoms. The largest absolute Gasteiger partial charge is 0.479 e. The van der Waals surface area contributed by atoms with Crippen molar-refractivity contribution in [3.8, 4) is 5.75 Å². The lowest BCUT2D eigenvalue weighted by molar-refractivity contribution is -0.125. The first-order chi connectivity index (χ1) is 9.24. The van der Waals surface area contributed by atoms with E-state index in [-0.39, 0.29) is 5.91 Å². The fourth-order valence-electron chi connectivity index (χ4n) is 2.25. The first-order valence-corrected chi connectivity index (χ1v) is 7.01. The summed E-state index contributed by atoms with van der Waals surface area (Å²) in [5, 5.41) is 3.36. The molecule has 1 aromatic rings. The summed E-state index contributed by atoms with van der Waals surface area (Å²) in [5.74, 6) is 0.852. The normalized spacial score (nSPS) is 18.1. The van der Waals surface area contributed by atoms with Gasteiger partial charge in [0.1, 0.15) is 5.75 Å². The van der Waals surface area contributed by atoms with Gasteiger partial charge in [0.15, 0.2) is 6.10 Å². The molecular formula is C15H22N2O2. The van der Waals surface area contributed by atoms with Crippen molar-refractivity contribution in [1.82, 2.24) is 5.32 Å². The topological polar surface area (TPSA) is 41.6 Å². The van der Waals surface area contributed by atoms with E-state index in [2.05, 4.69) is 12.2 Å². The Morgan fingerprint density at radius 3 is 2.89 bits per heavy atom. The fourth-order valence-corrected chi connectivity index (χ4v) is 2.25. The summed E-state index contributed by atoms with van der Waals surface area (Å²) in [6.45, 7) is 6.66. The number of para-hydroxylation sites is 2. The van der Waals surface area contributed by atoms with E-state index in [1.807, 2.05) is 29.2 Å². The SMILES string of the molecule is CCCNCCCN1C(=O)C(C)Oc2ccccc21. The molecule has 1 aliphatic rings. The molecule has 0 radical (unpaired) electrons. The molecule has 1 heterocycles. The van der Waals surface area contributed by atoms with E-state index in [9.17, 15) is 4.79 Å².